The predicted octanol–water partition coefficient (Wildman–Crippen LogP) is 3.17. The second-order valence-corrected chi connectivity index (χ2v) is 6.77. The van der Waals surface area contributed by atoms with Gasteiger partial charge in [0.25, 0.3) is 5.91 Å². The molecule has 3 rings (SSSR count). The van der Waals surface area contributed by atoms with Crippen molar-refractivity contribution >= 4 is 35.6 Å². The van der Waals surface area contributed by atoms with Crippen LogP contribution in [0.2, 0.25) is 0 Å². The molecule has 1 aliphatic rings. The number of anilines is 2. The Bertz CT molecular complexity index is 857. The van der Waals surface area contributed by atoms with Crippen molar-refractivity contribution in [1.82, 2.24) is 5.32 Å². The number of rotatable bonds is 7. The first-order valence-electron chi connectivity index (χ1n) is 9.17. The molecule has 0 aliphatic carbocycles. The number of halogens is 1. The van der Waals surface area contributed by atoms with Crippen LogP contribution in [0.3, 0.4) is 0 Å². The number of hydrogen-bond acceptors (Lipinski definition) is 5. The molecule has 2 aromatic carbocycles. The van der Waals surface area contributed by atoms with Gasteiger partial charge in [0.15, 0.2) is 0 Å². The van der Waals surface area contributed by atoms with Crippen LogP contribution < -0.4 is 25.4 Å². The summed E-state index contributed by atoms with van der Waals surface area (Å²) in [5.74, 6) is 0.748. The molecule has 8 heteroatoms. The predicted molar refractivity (Wildman–Crippen MR) is 115 cm³/mol. The molecule has 0 saturated carbocycles. The van der Waals surface area contributed by atoms with Crippen LogP contribution in [0.1, 0.15) is 17.3 Å². The number of amides is 2. The highest BCUT2D eigenvalue weighted by atomic mass is 35.5. The lowest BCUT2D eigenvalue weighted by Gasteiger charge is -2.31. The summed E-state index contributed by atoms with van der Waals surface area (Å²) in [4.78, 5) is 25.0. The lowest BCUT2D eigenvalue weighted by atomic mass is 9.88. The van der Waals surface area contributed by atoms with Gasteiger partial charge in [0.05, 0.1) is 25.6 Å². The molecule has 3 N–H and O–H groups in total. The molecular weight excluding hydrogens is 394 g/mol. The highest BCUT2D eigenvalue weighted by Gasteiger charge is 2.29. The van der Waals surface area contributed by atoms with Crippen molar-refractivity contribution < 1.29 is 19.1 Å². The Morgan fingerprint density at radius 1 is 1.00 bits per heavy atom. The van der Waals surface area contributed by atoms with Gasteiger partial charge in [0, 0.05) is 23.6 Å². The molecule has 7 nitrogen and oxygen atoms in total. The summed E-state index contributed by atoms with van der Waals surface area (Å²) in [7, 11) is 3.02. The maximum absolute atomic E-state index is 12.6. The molecule has 1 heterocycles. The number of nitrogens with one attached hydrogen (secondary N) is 3. The first kappa shape index (κ1) is 22.5. The monoisotopic (exact) mass is 419 g/mol. The van der Waals surface area contributed by atoms with E-state index in [-0.39, 0.29) is 30.1 Å². The number of ether oxygens (including phenoxy) is 2. The highest BCUT2D eigenvalue weighted by molar-refractivity contribution is 6.05. The van der Waals surface area contributed by atoms with Crippen molar-refractivity contribution in [3.8, 4) is 11.5 Å². The van der Waals surface area contributed by atoms with E-state index in [4.69, 9.17) is 9.47 Å². The van der Waals surface area contributed by atoms with Crippen LogP contribution >= 0.6 is 12.4 Å². The van der Waals surface area contributed by atoms with Gasteiger partial charge < -0.3 is 25.4 Å². The quantitative estimate of drug-likeness (QED) is 0.641. The number of methoxy groups -OCH3 is 2. The second-order valence-electron chi connectivity index (χ2n) is 6.77. The van der Waals surface area contributed by atoms with Crippen LogP contribution in [-0.4, -0.2) is 39.1 Å². The van der Waals surface area contributed by atoms with Crippen molar-refractivity contribution in [3.05, 3.63) is 48.0 Å². The summed E-state index contributed by atoms with van der Waals surface area (Å²) in [6.45, 7) is 3.61. The lowest BCUT2D eigenvalue weighted by Crippen LogP contribution is -2.48. The van der Waals surface area contributed by atoms with E-state index in [2.05, 4.69) is 16.0 Å². The summed E-state index contributed by atoms with van der Waals surface area (Å²) in [6, 6.07) is 12.2. The third kappa shape index (κ3) is 5.19. The zero-order chi connectivity index (χ0) is 20.1. The van der Waals surface area contributed by atoms with E-state index in [0.29, 0.717) is 34.4 Å². The molecule has 2 aromatic rings. The van der Waals surface area contributed by atoms with Crippen molar-refractivity contribution in [3.63, 3.8) is 0 Å². The number of hydrogen-bond donors (Lipinski definition) is 3. The normalized spacial score (nSPS) is 14.0. The third-order valence-corrected chi connectivity index (χ3v) is 5.00. The van der Waals surface area contributed by atoms with Gasteiger partial charge in [-0.1, -0.05) is 25.1 Å². The Morgan fingerprint density at radius 2 is 1.55 bits per heavy atom. The van der Waals surface area contributed by atoms with Crippen LogP contribution in [-0.2, 0) is 4.79 Å². The zero-order valence-electron chi connectivity index (χ0n) is 16.7. The van der Waals surface area contributed by atoms with Gasteiger partial charge in [-0.2, -0.15) is 0 Å². The third-order valence-electron chi connectivity index (χ3n) is 5.00. The van der Waals surface area contributed by atoms with E-state index >= 15 is 0 Å². The summed E-state index contributed by atoms with van der Waals surface area (Å²) in [6.07, 6.45) is 0. The van der Waals surface area contributed by atoms with Crippen LogP contribution in [0.5, 0.6) is 11.5 Å². The van der Waals surface area contributed by atoms with Crippen molar-refractivity contribution in [2.45, 2.75) is 6.92 Å². The van der Waals surface area contributed by atoms with E-state index < -0.39 is 0 Å². The minimum Gasteiger partial charge on any atom is -0.494 e. The molecule has 1 saturated heterocycles. The highest BCUT2D eigenvalue weighted by Crippen LogP contribution is 2.37. The molecule has 1 fully saturated rings. The minimum absolute atomic E-state index is 0. The Hall–Kier alpha value is -2.77. The van der Waals surface area contributed by atoms with Crippen molar-refractivity contribution in [1.29, 1.82) is 0 Å². The fraction of sp³-hybridized carbons (Fsp3) is 0.333. The maximum Gasteiger partial charge on any atom is 0.255 e. The van der Waals surface area contributed by atoms with Gasteiger partial charge in [-0.05, 0) is 31.1 Å². The van der Waals surface area contributed by atoms with Gasteiger partial charge in [-0.15, -0.1) is 12.4 Å². The van der Waals surface area contributed by atoms with Gasteiger partial charge in [-0.3, -0.25) is 9.59 Å². The maximum atomic E-state index is 12.6. The average molecular weight is 420 g/mol. The first-order chi connectivity index (χ1) is 13.5. The fourth-order valence-corrected chi connectivity index (χ4v) is 3.00. The van der Waals surface area contributed by atoms with Gasteiger partial charge in [0.2, 0.25) is 5.91 Å². The average Bonchev–Trinajstić information content (AvgIpc) is 2.67. The zero-order valence-corrected chi connectivity index (χ0v) is 17.5. The van der Waals surface area contributed by atoms with E-state index in [1.807, 2.05) is 13.0 Å². The van der Waals surface area contributed by atoms with Crippen LogP contribution in [0, 0.1) is 11.8 Å². The molecule has 0 aromatic heterocycles. The standard InChI is InChI=1S/C21H25N3O4.ClH/c1-13(15-11-22-12-15)20(25)23-16-9-19(28-3)17(10-18(16)27-2)24-21(26)14-7-5-4-6-8-14;/h4-10,13,15,22H,11-12H2,1-3H3,(H,23,25)(H,24,26);1H. The SMILES string of the molecule is COc1cc(NC(=O)C(C)C2CNC2)c(OC)cc1NC(=O)c1ccccc1.Cl. The summed E-state index contributed by atoms with van der Waals surface area (Å²) < 4.78 is 10.8. The largest absolute Gasteiger partial charge is 0.494 e. The van der Waals surface area contributed by atoms with Crippen LogP contribution in [0.4, 0.5) is 11.4 Å². The number of benzene rings is 2. The van der Waals surface area contributed by atoms with E-state index in [9.17, 15) is 9.59 Å². The van der Waals surface area contributed by atoms with Crippen LogP contribution in [0.25, 0.3) is 0 Å². The molecule has 156 valence electrons. The Balaban J connectivity index is 0.00000300. The van der Waals surface area contributed by atoms with Crippen molar-refractivity contribution in [2.24, 2.45) is 11.8 Å². The van der Waals surface area contributed by atoms with Crippen LogP contribution in [0.15, 0.2) is 42.5 Å². The topological polar surface area (TPSA) is 88.7 Å². The Morgan fingerprint density at radius 3 is 2.03 bits per heavy atom. The van der Waals surface area contributed by atoms with Gasteiger partial charge in [-0.25, -0.2) is 0 Å². The fourth-order valence-electron chi connectivity index (χ4n) is 3.00. The molecule has 2 amide bonds. The Kier molecular flexibility index (Phi) is 7.87. The molecule has 1 aliphatic heterocycles. The van der Waals surface area contributed by atoms with E-state index in [0.717, 1.165) is 13.1 Å². The molecule has 0 spiro atoms. The summed E-state index contributed by atoms with van der Waals surface area (Å²) >= 11 is 0. The summed E-state index contributed by atoms with van der Waals surface area (Å²) in [5, 5.41) is 8.92. The molecule has 29 heavy (non-hydrogen) atoms. The lowest BCUT2D eigenvalue weighted by molar-refractivity contribution is -0.121. The molecular formula is C21H26ClN3O4. The van der Waals surface area contributed by atoms with Crippen molar-refractivity contribution in [2.75, 3.05) is 37.9 Å². The first-order valence-corrected chi connectivity index (χ1v) is 9.17. The summed E-state index contributed by atoms with van der Waals surface area (Å²) in [5.41, 5.74) is 1.49. The molecule has 1 atom stereocenters. The molecule has 1 unspecified atom stereocenters. The van der Waals surface area contributed by atoms with Gasteiger partial charge >= 0.3 is 0 Å². The van der Waals surface area contributed by atoms with E-state index in [1.165, 1.54) is 14.2 Å². The molecule has 0 radical (unpaired) electrons. The Labute approximate surface area is 176 Å². The minimum atomic E-state index is -0.260. The number of carbonyl (C=O) groups is 2. The van der Waals surface area contributed by atoms with E-state index in [1.54, 1.807) is 36.4 Å². The smallest absolute Gasteiger partial charge is 0.255 e. The second kappa shape index (κ2) is 10.1. The van der Waals surface area contributed by atoms with Gasteiger partial charge in [0.1, 0.15) is 11.5 Å². The number of carbonyl (C=O) groups excluding carboxylic acids is 2. The molecule has 0 bridgehead atoms.